The van der Waals surface area contributed by atoms with Gasteiger partial charge in [0.2, 0.25) is 0 Å². The molecular formula is C27H28BrN3O3. The van der Waals surface area contributed by atoms with Crippen LogP contribution in [0.5, 0.6) is 11.5 Å². The van der Waals surface area contributed by atoms with Crippen molar-refractivity contribution in [1.82, 2.24) is 9.88 Å². The Morgan fingerprint density at radius 1 is 1.06 bits per heavy atom. The number of nitrogens with one attached hydrogen (secondary N) is 2. The van der Waals surface area contributed by atoms with Gasteiger partial charge in [-0.2, -0.15) is 0 Å². The highest BCUT2D eigenvalue weighted by atomic mass is 79.9. The smallest absolute Gasteiger partial charge is 0.322 e. The highest BCUT2D eigenvalue weighted by Gasteiger charge is 2.16. The third-order valence-electron chi connectivity index (χ3n) is 5.60. The van der Waals surface area contributed by atoms with Gasteiger partial charge in [0, 0.05) is 40.3 Å². The first kappa shape index (κ1) is 23.7. The Hall–Kier alpha value is -3.45. The second kappa shape index (κ2) is 11.1. The van der Waals surface area contributed by atoms with Gasteiger partial charge in [-0.1, -0.05) is 34.1 Å². The van der Waals surface area contributed by atoms with Crippen molar-refractivity contribution in [2.24, 2.45) is 0 Å². The van der Waals surface area contributed by atoms with E-state index in [2.05, 4.69) is 26.2 Å². The Bertz CT molecular complexity index is 1250. The molecule has 0 saturated heterocycles. The van der Waals surface area contributed by atoms with E-state index in [4.69, 9.17) is 9.47 Å². The molecule has 0 unspecified atom stereocenters. The number of H-pyrrole nitrogens is 1. The summed E-state index contributed by atoms with van der Waals surface area (Å²) >= 11 is 3.46. The molecule has 0 bridgehead atoms. The first-order chi connectivity index (χ1) is 16.6. The molecule has 3 aromatic carbocycles. The zero-order valence-corrected chi connectivity index (χ0v) is 20.9. The van der Waals surface area contributed by atoms with Gasteiger partial charge in [-0.15, -0.1) is 0 Å². The number of anilines is 1. The van der Waals surface area contributed by atoms with E-state index in [9.17, 15) is 4.79 Å². The van der Waals surface area contributed by atoms with Gasteiger partial charge in [0.25, 0.3) is 0 Å². The molecule has 2 N–H and O–H groups in total. The van der Waals surface area contributed by atoms with Crippen LogP contribution in [0.25, 0.3) is 10.9 Å². The topological polar surface area (TPSA) is 66.6 Å². The van der Waals surface area contributed by atoms with Crippen LogP contribution in [0.3, 0.4) is 0 Å². The maximum atomic E-state index is 13.3. The number of urea groups is 1. The van der Waals surface area contributed by atoms with Crippen LogP contribution in [0, 0.1) is 0 Å². The average Bonchev–Trinajstić information content (AvgIpc) is 3.25. The number of aromatic amines is 1. The van der Waals surface area contributed by atoms with Crippen LogP contribution in [0.4, 0.5) is 10.5 Å². The van der Waals surface area contributed by atoms with Crippen molar-refractivity contribution in [1.29, 1.82) is 0 Å². The lowest BCUT2D eigenvalue weighted by molar-refractivity contribution is 0.210. The van der Waals surface area contributed by atoms with Gasteiger partial charge >= 0.3 is 6.03 Å². The Morgan fingerprint density at radius 2 is 1.85 bits per heavy atom. The van der Waals surface area contributed by atoms with Crippen LogP contribution in [0.15, 0.2) is 77.4 Å². The van der Waals surface area contributed by atoms with Gasteiger partial charge in [-0.05, 0) is 73.0 Å². The molecule has 0 aliphatic heterocycles. The van der Waals surface area contributed by atoms with Gasteiger partial charge in [0.05, 0.1) is 13.7 Å². The lowest BCUT2D eigenvalue weighted by atomic mass is 10.1. The predicted molar refractivity (Wildman–Crippen MR) is 140 cm³/mol. The molecule has 0 aliphatic rings. The number of nitrogens with zero attached hydrogens (tertiary/aromatic N) is 1. The van der Waals surface area contributed by atoms with Crippen LogP contribution in [-0.4, -0.2) is 36.2 Å². The SMILES string of the molecule is CCOc1ccc(CN(CCc2c[nH]c3ccc(OC)cc23)C(=O)Nc2cccc(Br)c2)cc1. The van der Waals surface area contributed by atoms with Crippen LogP contribution >= 0.6 is 15.9 Å². The van der Waals surface area contributed by atoms with Crippen LogP contribution < -0.4 is 14.8 Å². The average molecular weight is 522 g/mol. The van der Waals surface area contributed by atoms with Crippen molar-refractivity contribution in [2.45, 2.75) is 19.9 Å². The molecule has 34 heavy (non-hydrogen) atoms. The van der Waals surface area contributed by atoms with Crippen molar-refractivity contribution in [3.63, 3.8) is 0 Å². The van der Waals surface area contributed by atoms with Crippen LogP contribution in [0.2, 0.25) is 0 Å². The fourth-order valence-electron chi connectivity index (χ4n) is 3.85. The monoisotopic (exact) mass is 521 g/mol. The number of benzene rings is 3. The number of hydrogen-bond donors (Lipinski definition) is 2. The van der Waals surface area contributed by atoms with Gasteiger partial charge in [0.15, 0.2) is 0 Å². The molecule has 2 amide bonds. The molecule has 7 heteroatoms. The molecule has 4 rings (SSSR count). The molecular weight excluding hydrogens is 494 g/mol. The molecule has 0 fully saturated rings. The third kappa shape index (κ3) is 5.91. The number of carbonyl (C=O) groups is 1. The summed E-state index contributed by atoms with van der Waals surface area (Å²) in [5, 5.41) is 4.13. The van der Waals surface area contributed by atoms with Crippen molar-refractivity contribution < 1.29 is 14.3 Å². The number of rotatable bonds is 9. The zero-order chi connectivity index (χ0) is 23.9. The van der Waals surface area contributed by atoms with Crippen LogP contribution in [0.1, 0.15) is 18.1 Å². The Labute approximate surface area is 208 Å². The van der Waals surface area contributed by atoms with E-state index >= 15 is 0 Å². The standard InChI is InChI=1S/C27H28BrN3O3/c1-3-34-23-9-7-19(8-10-23)18-31(27(32)30-22-6-4-5-21(28)15-22)14-13-20-17-29-26-12-11-24(33-2)16-25(20)26/h4-12,15-17,29H,3,13-14,18H2,1-2H3,(H,30,32). The fraction of sp³-hybridized carbons (Fsp3) is 0.222. The number of ether oxygens (including phenoxy) is 2. The largest absolute Gasteiger partial charge is 0.497 e. The lowest BCUT2D eigenvalue weighted by Gasteiger charge is -2.23. The number of amides is 2. The molecule has 1 aromatic heterocycles. The van der Waals surface area contributed by atoms with Crippen molar-refractivity contribution in [3.8, 4) is 11.5 Å². The molecule has 0 atom stereocenters. The summed E-state index contributed by atoms with van der Waals surface area (Å²) in [6.07, 6.45) is 2.71. The predicted octanol–water partition coefficient (Wildman–Crippen LogP) is 6.61. The van der Waals surface area contributed by atoms with E-state index in [1.165, 1.54) is 0 Å². The summed E-state index contributed by atoms with van der Waals surface area (Å²) < 4.78 is 11.9. The van der Waals surface area contributed by atoms with E-state index in [0.29, 0.717) is 26.1 Å². The highest BCUT2D eigenvalue weighted by molar-refractivity contribution is 9.10. The first-order valence-electron chi connectivity index (χ1n) is 11.2. The molecule has 6 nitrogen and oxygen atoms in total. The summed E-state index contributed by atoms with van der Waals surface area (Å²) in [5.74, 6) is 1.64. The van der Waals surface area contributed by atoms with Gasteiger partial charge in [0.1, 0.15) is 11.5 Å². The summed E-state index contributed by atoms with van der Waals surface area (Å²) in [7, 11) is 1.67. The molecule has 1 heterocycles. The maximum absolute atomic E-state index is 13.3. The quantitative estimate of drug-likeness (QED) is 0.260. The molecule has 0 aliphatic carbocycles. The summed E-state index contributed by atoms with van der Waals surface area (Å²) in [4.78, 5) is 18.4. The van der Waals surface area contributed by atoms with E-state index in [-0.39, 0.29) is 6.03 Å². The second-order valence-corrected chi connectivity index (χ2v) is 8.83. The van der Waals surface area contributed by atoms with Crippen molar-refractivity contribution in [2.75, 3.05) is 25.6 Å². The number of aromatic nitrogens is 1. The van der Waals surface area contributed by atoms with Crippen molar-refractivity contribution >= 4 is 38.6 Å². The lowest BCUT2D eigenvalue weighted by Crippen LogP contribution is -2.36. The Morgan fingerprint density at radius 3 is 2.59 bits per heavy atom. The number of methoxy groups -OCH3 is 1. The molecule has 0 spiro atoms. The minimum atomic E-state index is -0.149. The van der Waals surface area contributed by atoms with E-state index in [1.807, 2.05) is 84.8 Å². The molecule has 0 radical (unpaired) electrons. The molecule has 176 valence electrons. The molecule has 0 saturated carbocycles. The van der Waals surface area contributed by atoms with E-state index in [1.54, 1.807) is 7.11 Å². The number of fused-ring (bicyclic) bond motifs is 1. The van der Waals surface area contributed by atoms with Gasteiger partial charge in [-0.3, -0.25) is 0 Å². The minimum Gasteiger partial charge on any atom is -0.497 e. The van der Waals surface area contributed by atoms with Gasteiger partial charge in [-0.25, -0.2) is 4.79 Å². The van der Waals surface area contributed by atoms with Crippen LogP contribution in [-0.2, 0) is 13.0 Å². The number of hydrogen-bond acceptors (Lipinski definition) is 3. The number of carbonyl (C=O) groups excluding carboxylic acids is 1. The van der Waals surface area contributed by atoms with Gasteiger partial charge < -0.3 is 24.7 Å². The van der Waals surface area contributed by atoms with Crippen molar-refractivity contribution in [3.05, 3.63) is 88.5 Å². The van der Waals surface area contributed by atoms with E-state index < -0.39 is 0 Å². The fourth-order valence-corrected chi connectivity index (χ4v) is 4.25. The summed E-state index contributed by atoms with van der Waals surface area (Å²) in [5.41, 5.74) is 3.97. The molecule has 4 aromatic rings. The first-order valence-corrected chi connectivity index (χ1v) is 12.0. The Balaban J connectivity index is 1.53. The minimum absolute atomic E-state index is 0.149. The Kier molecular flexibility index (Phi) is 7.75. The highest BCUT2D eigenvalue weighted by Crippen LogP contribution is 2.25. The second-order valence-electron chi connectivity index (χ2n) is 7.91. The normalized spacial score (nSPS) is 10.8. The maximum Gasteiger partial charge on any atom is 0.322 e. The summed E-state index contributed by atoms with van der Waals surface area (Å²) in [6.45, 7) is 3.62. The summed E-state index contributed by atoms with van der Waals surface area (Å²) in [6, 6.07) is 21.3. The number of halogens is 1. The third-order valence-corrected chi connectivity index (χ3v) is 6.09. The van der Waals surface area contributed by atoms with E-state index in [0.717, 1.165) is 43.7 Å². The zero-order valence-electron chi connectivity index (χ0n) is 19.3.